The molecule has 0 radical (unpaired) electrons. The number of nitrogens with one attached hydrogen (secondary N) is 3. The van der Waals surface area contributed by atoms with Crippen molar-refractivity contribution in [3.05, 3.63) is 95.3 Å². The summed E-state index contributed by atoms with van der Waals surface area (Å²) in [5.41, 5.74) is -1.47. The first-order valence-electron chi connectivity index (χ1n) is 11.0. The fourth-order valence-corrected chi connectivity index (χ4v) is 3.25. The average molecular weight is 542 g/mol. The van der Waals surface area contributed by atoms with Crippen LogP contribution in [0.15, 0.2) is 72.8 Å². The summed E-state index contributed by atoms with van der Waals surface area (Å²) in [6.07, 6.45) is -9.07. The number of urea groups is 2. The first kappa shape index (κ1) is 28.3. The van der Waals surface area contributed by atoms with Crippen LogP contribution < -0.4 is 16.0 Å². The van der Waals surface area contributed by atoms with Crippen LogP contribution in [0.5, 0.6) is 0 Å². The van der Waals surface area contributed by atoms with E-state index in [1.807, 2.05) is 0 Å². The maximum absolute atomic E-state index is 14.2. The predicted molar refractivity (Wildman–Crippen MR) is 126 cm³/mol. The Hall–Kier alpha value is -4.29. The van der Waals surface area contributed by atoms with Gasteiger partial charge in [0.2, 0.25) is 0 Å². The van der Waals surface area contributed by atoms with Crippen molar-refractivity contribution < 1.29 is 40.3 Å². The molecule has 3 aromatic carbocycles. The summed E-state index contributed by atoms with van der Waals surface area (Å²) >= 11 is 0. The van der Waals surface area contributed by atoms with Crippen molar-refractivity contribution in [2.75, 3.05) is 23.7 Å². The minimum atomic E-state index is -4.55. The van der Waals surface area contributed by atoms with E-state index in [0.717, 1.165) is 53.4 Å². The summed E-state index contributed by atoms with van der Waals surface area (Å²) in [5, 5.41) is 7.22. The van der Waals surface area contributed by atoms with Gasteiger partial charge in [0, 0.05) is 30.0 Å². The molecule has 0 aromatic heterocycles. The second-order valence-corrected chi connectivity index (χ2v) is 7.97. The second-order valence-electron chi connectivity index (χ2n) is 7.97. The molecular formula is C25H21F7N4O2. The number of nitrogens with zero attached hydrogens (tertiary/aromatic N) is 1. The number of rotatable bonds is 7. The number of halogens is 7. The number of hydrogen-bond donors (Lipinski definition) is 3. The highest BCUT2D eigenvalue weighted by Crippen LogP contribution is 2.30. The molecule has 3 N–H and O–H groups in total. The summed E-state index contributed by atoms with van der Waals surface area (Å²) in [7, 11) is 0. The molecule has 0 atom stereocenters. The molecule has 13 heteroatoms. The van der Waals surface area contributed by atoms with Crippen LogP contribution in [0, 0.1) is 5.82 Å². The maximum atomic E-state index is 14.2. The molecule has 38 heavy (non-hydrogen) atoms. The monoisotopic (exact) mass is 542 g/mol. The van der Waals surface area contributed by atoms with Gasteiger partial charge in [-0.25, -0.2) is 14.0 Å². The lowest BCUT2D eigenvalue weighted by atomic mass is 10.2. The minimum absolute atomic E-state index is 0.0644. The topological polar surface area (TPSA) is 73.5 Å². The fraction of sp³-hybridized carbons (Fsp3) is 0.200. The molecule has 0 heterocycles. The minimum Gasteiger partial charge on any atom is -0.336 e. The third kappa shape index (κ3) is 8.11. The average Bonchev–Trinajstić information content (AvgIpc) is 2.84. The molecule has 0 fully saturated rings. The molecule has 0 aliphatic heterocycles. The van der Waals surface area contributed by atoms with E-state index < -0.39 is 41.4 Å². The van der Waals surface area contributed by atoms with E-state index in [2.05, 4.69) is 16.0 Å². The van der Waals surface area contributed by atoms with Gasteiger partial charge in [0.15, 0.2) is 0 Å². The van der Waals surface area contributed by atoms with Gasteiger partial charge in [0.05, 0.1) is 17.7 Å². The van der Waals surface area contributed by atoms with Gasteiger partial charge in [-0.05, 0) is 54.6 Å². The zero-order valence-corrected chi connectivity index (χ0v) is 19.5. The van der Waals surface area contributed by atoms with Gasteiger partial charge in [0.1, 0.15) is 5.82 Å². The number of benzene rings is 3. The summed E-state index contributed by atoms with van der Waals surface area (Å²) in [6, 6.07) is 11.6. The van der Waals surface area contributed by atoms with Crippen LogP contribution in [0.3, 0.4) is 0 Å². The largest absolute Gasteiger partial charge is 0.416 e. The van der Waals surface area contributed by atoms with E-state index in [4.69, 9.17) is 0 Å². The van der Waals surface area contributed by atoms with Crippen molar-refractivity contribution in [3.63, 3.8) is 0 Å². The lowest BCUT2D eigenvalue weighted by Crippen LogP contribution is -2.41. The molecule has 6 nitrogen and oxygen atoms in total. The van der Waals surface area contributed by atoms with Crippen LogP contribution in [0.1, 0.15) is 16.7 Å². The van der Waals surface area contributed by atoms with Gasteiger partial charge in [-0.2, -0.15) is 26.3 Å². The van der Waals surface area contributed by atoms with E-state index in [9.17, 15) is 40.3 Å². The van der Waals surface area contributed by atoms with Crippen molar-refractivity contribution >= 4 is 23.4 Å². The van der Waals surface area contributed by atoms with Crippen LogP contribution in [0.4, 0.5) is 51.7 Å². The number of amides is 4. The summed E-state index contributed by atoms with van der Waals surface area (Å²) in [4.78, 5) is 26.1. The van der Waals surface area contributed by atoms with Crippen LogP contribution in [-0.2, 0) is 18.9 Å². The highest BCUT2D eigenvalue weighted by atomic mass is 19.4. The molecule has 0 unspecified atom stereocenters. The quantitative estimate of drug-likeness (QED) is 0.290. The molecule has 202 valence electrons. The standard InChI is InChI=1S/C25H21F7N4O2/c26-21-4-2-1-3-16(21)15-36(23(38)35-20-11-7-18(8-12-20)25(30,31)32)14-13-33-22(37)34-19-9-5-17(6-10-19)24(27,28)29/h1-12H,13-15H2,(H,35,38)(H2,33,34,37). The number of alkyl halides is 6. The van der Waals surface area contributed by atoms with Crippen molar-refractivity contribution in [2.45, 2.75) is 18.9 Å². The Labute approximate surface area is 212 Å². The highest BCUT2D eigenvalue weighted by Gasteiger charge is 2.31. The van der Waals surface area contributed by atoms with E-state index in [1.165, 1.54) is 18.2 Å². The Balaban J connectivity index is 1.62. The second kappa shape index (κ2) is 11.8. The van der Waals surface area contributed by atoms with Crippen LogP contribution in [-0.4, -0.2) is 30.1 Å². The summed E-state index contributed by atoms with van der Waals surface area (Å²) in [6.45, 7) is -0.496. The first-order chi connectivity index (χ1) is 17.8. The van der Waals surface area contributed by atoms with Gasteiger partial charge in [-0.15, -0.1) is 0 Å². The predicted octanol–water partition coefficient (Wildman–Crippen LogP) is 6.72. The molecule has 0 aliphatic rings. The molecule has 0 saturated heterocycles. The van der Waals surface area contributed by atoms with Crippen LogP contribution in [0.2, 0.25) is 0 Å². The number of carbonyl (C=O) groups is 2. The van der Waals surface area contributed by atoms with Crippen molar-refractivity contribution in [2.24, 2.45) is 0 Å². The number of carbonyl (C=O) groups excluding carboxylic acids is 2. The van der Waals surface area contributed by atoms with E-state index in [0.29, 0.717) is 0 Å². The van der Waals surface area contributed by atoms with E-state index in [-0.39, 0.29) is 36.6 Å². The SMILES string of the molecule is O=C(NCCN(Cc1ccccc1F)C(=O)Nc1ccc(C(F)(F)F)cc1)Nc1ccc(C(F)(F)F)cc1. The Morgan fingerprint density at radius 1 is 0.711 bits per heavy atom. The van der Waals surface area contributed by atoms with Gasteiger partial charge < -0.3 is 20.9 Å². The Morgan fingerprint density at radius 3 is 1.71 bits per heavy atom. The lowest BCUT2D eigenvalue weighted by Gasteiger charge is -2.24. The van der Waals surface area contributed by atoms with E-state index >= 15 is 0 Å². The smallest absolute Gasteiger partial charge is 0.336 e. The molecule has 0 saturated carbocycles. The highest BCUT2D eigenvalue weighted by molar-refractivity contribution is 5.90. The van der Waals surface area contributed by atoms with Gasteiger partial charge in [0.25, 0.3) is 0 Å². The third-order valence-corrected chi connectivity index (χ3v) is 5.21. The lowest BCUT2D eigenvalue weighted by molar-refractivity contribution is -0.138. The number of anilines is 2. The summed E-state index contributed by atoms with van der Waals surface area (Å²) < 4.78 is 90.5. The molecule has 0 spiro atoms. The molecule has 0 aliphatic carbocycles. The summed E-state index contributed by atoms with van der Waals surface area (Å²) in [5.74, 6) is -0.590. The zero-order chi connectivity index (χ0) is 27.9. The fourth-order valence-electron chi connectivity index (χ4n) is 3.25. The van der Waals surface area contributed by atoms with Gasteiger partial charge in [-0.3, -0.25) is 0 Å². The Morgan fingerprint density at radius 2 is 1.21 bits per heavy atom. The van der Waals surface area contributed by atoms with E-state index in [1.54, 1.807) is 6.07 Å². The molecule has 0 bridgehead atoms. The van der Waals surface area contributed by atoms with Crippen molar-refractivity contribution in [1.82, 2.24) is 10.2 Å². The van der Waals surface area contributed by atoms with Crippen molar-refractivity contribution in [3.8, 4) is 0 Å². The zero-order valence-electron chi connectivity index (χ0n) is 19.5. The Kier molecular flexibility index (Phi) is 8.81. The third-order valence-electron chi connectivity index (χ3n) is 5.21. The number of hydrogen-bond acceptors (Lipinski definition) is 2. The molecule has 4 amide bonds. The van der Waals surface area contributed by atoms with Crippen LogP contribution >= 0.6 is 0 Å². The molecule has 3 rings (SSSR count). The van der Waals surface area contributed by atoms with Gasteiger partial charge >= 0.3 is 24.4 Å². The first-order valence-corrected chi connectivity index (χ1v) is 11.0. The Bertz CT molecular complexity index is 1240. The van der Waals surface area contributed by atoms with Crippen LogP contribution in [0.25, 0.3) is 0 Å². The van der Waals surface area contributed by atoms with Gasteiger partial charge in [-0.1, -0.05) is 18.2 Å². The molecular weight excluding hydrogens is 521 g/mol. The normalized spacial score (nSPS) is 11.6. The molecule has 3 aromatic rings. The van der Waals surface area contributed by atoms with Crippen molar-refractivity contribution in [1.29, 1.82) is 0 Å². The maximum Gasteiger partial charge on any atom is 0.416 e.